The van der Waals surface area contributed by atoms with Gasteiger partial charge < -0.3 is 19.7 Å². The van der Waals surface area contributed by atoms with Crippen molar-refractivity contribution in [3.63, 3.8) is 0 Å². The number of hydrogen-bond acceptors (Lipinski definition) is 4. The Bertz CT molecular complexity index is 472. The second-order valence-corrected chi connectivity index (χ2v) is 4.87. The molecule has 1 heterocycles. The summed E-state index contributed by atoms with van der Waals surface area (Å²) in [4.78, 5) is 25.5. The van der Waals surface area contributed by atoms with Gasteiger partial charge in [-0.05, 0) is 12.5 Å². The second-order valence-electron chi connectivity index (χ2n) is 4.87. The number of carbonyl (C=O) groups is 2. The van der Waals surface area contributed by atoms with Crippen LogP contribution in [0.4, 0.5) is 4.79 Å². The van der Waals surface area contributed by atoms with E-state index in [9.17, 15) is 9.59 Å². The molecule has 6 heteroatoms. The molecule has 6 nitrogen and oxygen atoms in total. The molecule has 0 spiro atoms. The minimum Gasteiger partial charge on any atom is -0.445 e. The van der Waals surface area contributed by atoms with Crippen LogP contribution in [0.1, 0.15) is 12.5 Å². The van der Waals surface area contributed by atoms with Crippen molar-refractivity contribution in [1.29, 1.82) is 0 Å². The van der Waals surface area contributed by atoms with Gasteiger partial charge in [-0.3, -0.25) is 4.79 Å². The topological polar surface area (TPSA) is 67.9 Å². The van der Waals surface area contributed by atoms with E-state index >= 15 is 0 Å². The van der Waals surface area contributed by atoms with Gasteiger partial charge in [-0.25, -0.2) is 4.79 Å². The second kappa shape index (κ2) is 7.64. The van der Waals surface area contributed by atoms with E-state index in [0.29, 0.717) is 26.3 Å². The van der Waals surface area contributed by atoms with E-state index in [2.05, 4.69) is 5.32 Å². The van der Waals surface area contributed by atoms with E-state index in [1.165, 1.54) is 0 Å². The van der Waals surface area contributed by atoms with Crippen molar-refractivity contribution in [3.8, 4) is 0 Å². The molecule has 1 saturated heterocycles. The monoisotopic (exact) mass is 292 g/mol. The minimum atomic E-state index is -0.605. The summed E-state index contributed by atoms with van der Waals surface area (Å²) >= 11 is 0. The maximum Gasteiger partial charge on any atom is 0.408 e. The molecule has 114 valence electrons. The number of benzene rings is 1. The Morgan fingerprint density at radius 1 is 1.29 bits per heavy atom. The maximum absolute atomic E-state index is 12.1. The summed E-state index contributed by atoms with van der Waals surface area (Å²) in [5, 5.41) is 2.55. The third kappa shape index (κ3) is 4.75. The molecule has 0 saturated carbocycles. The molecular weight excluding hydrogens is 272 g/mol. The first-order chi connectivity index (χ1) is 10.2. The largest absolute Gasteiger partial charge is 0.445 e. The predicted octanol–water partition coefficient (Wildman–Crippen LogP) is 1.16. The van der Waals surface area contributed by atoms with Crippen molar-refractivity contribution >= 4 is 12.0 Å². The van der Waals surface area contributed by atoms with Gasteiger partial charge in [0.15, 0.2) is 0 Å². The van der Waals surface area contributed by atoms with Crippen LogP contribution in [0.2, 0.25) is 0 Å². The van der Waals surface area contributed by atoms with Crippen LogP contribution in [0, 0.1) is 0 Å². The number of morpholine rings is 1. The lowest BCUT2D eigenvalue weighted by atomic mass is 10.2. The summed E-state index contributed by atoms with van der Waals surface area (Å²) in [5.41, 5.74) is 0.903. The third-order valence-corrected chi connectivity index (χ3v) is 3.24. The zero-order valence-electron chi connectivity index (χ0n) is 12.1. The van der Waals surface area contributed by atoms with Crippen LogP contribution in [-0.2, 0) is 20.9 Å². The average Bonchev–Trinajstić information content (AvgIpc) is 2.54. The van der Waals surface area contributed by atoms with E-state index in [4.69, 9.17) is 9.47 Å². The molecule has 0 radical (unpaired) electrons. The molecule has 1 N–H and O–H groups in total. The number of rotatable bonds is 4. The number of alkyl carbamates (subject to hydrolysis) is 1. The number of hydrogen-bond donors (Lipinski definition) is 1. The fraction of sp³-hybridized carbons (Fsp3) is 0.467. The first-order valence-corrected chi connectivity index (χ1v) is 7.00. The molecule has 0 aromatic heterocycles. The highest BCUT2D eigenvalue weighted by atomic mass is 16.5. The van der Waals surface area contributed by atoms with Gasteiger partial charge >= 0.3 is 6.09 Å². The Morgan fingerprint density at radius 2 is 1.95 bits per heavy atom. The first-order valence-electron chi connectivity index (χ1n) is 7.00. The quantitative estimate of drug-likeness (QED) is 0.904. The van der Waals surface area contributed by atoms with E-state index in [0.717, 1.165) is 5.56 Å². The van der Waals surface area contributed by atoms with Gasteiger partial charge in [0.25, 0.3) is 0 Å². The van der Waals surface area contributed by atoms with Gasteiger partial charge in [0, 0.05) is 13.1 Å². The van der Waals surface area contributed by atoms with E-state index in [1.807, 2.05) is 30.3 Å². The van der Waals surface area contributed by atoms with Crippen molar-refractivity contribution in [2.75, 3.05) is 26.3 Å². The summed E-state index contributed by atoms with van der Waals surface area (Å²) in [5.74, 6) is -0.116. The first kappa shape index (κ1) is 15.3. The smallest absolute Gasteiger partial charge is 0.408 e. The minimum absolute atomic E-state index is 0.116. The highest BCUT2D eigenvalue weighted by Crippen LogP contribution is 2.03. The summed E-state index contributed by atoms with van der Waals surface area (Å²) in [6, 6.07) is 8.78. The lowest BCUT2D eigenvalue weighted by Gasteiger charge is -2.29. The molecule has 1 atom stereocenters. The fourth-order valence-electron chi connectivity index (χ4n) is 2.06. The highest BCUT2D eigenvalue weighted by Gasteiger charge is 2.23. The fourth-order valence-corrected chi connectivity index (χ4v) is 2.06. The zero-order valence-corrected chi connectivity index (χ0v) is 12.1. The van der Waals surface area contributed by atoms with Gasteiger partial charge in [0.1, 0.15) is 12.6 Å². The molecule has 2 amide bonds. The normalized spacial score (nSPS) is 16.1. The van der Waals surface area contributed by atoms with Crippen LogP contribution >= 0.6 is 0 Å². The summed E-state index contributed by atoms with van der Waals surface area (Å²) in [6.07, 6.45) is -0.590. The van der Waals surface area contributed by atoms with E-state index in [1.54, 1.807) is 11.8 Å². The van der Waals surface area contributed by atoms with Crippen LogP contribution in [0.3, 0.4) is 0 Å². The molecule has 1 aromatic carbocycles. The standard InChI is InChI=1S/C15H20N2O4/c1-12(14(18)17-7-9-20-10-8-17)16-15(19)21-11-13-5-3-2-4-6-13/h2-6,12H,7-11H2,1H3,(H,16,19). The molecule has 0 aliphatic carbocycles. The molecular formula is C15H20N2O4. The number of nitrogens with one attached hydrogen (secondary N) is 1. The van der Waals surface area contributed by atoms with Gasteiger partial charge in [0.05, 0.1) is 13.2 Å². The number of ether oxygens (including phenoxy) is 2. The Hall–Kier alpha value is -2.08. The third-order valence-electron chi connectivity index (χ3n) is 3.24. The molecule has 0 bridgehead atoms. The van der Waals surface area contributed by atoms with Crippen molar-refractivity contribution in [3.05, 3.63) is 35.9 Å². The number of carbonyl (C=O) groups excluding carboxylic acids is 2. The Labute approximate surface area is 124 Å². The van der Waals surface area contributed by atoms with Crippen molar-refractivity contribution in [2.24, 2.45) is 0 Å². The number of amides is 2. The zero-order chi connectivity index (χ0) is 15.1. The van der Waals surface area contributed by atoms with E-state index in [-0.39, 0.29) is 12.5 Å². The van der Waals surface area contributed by atoms with Gasteiger partial charge in [0.2, 0.25) is 5.91 Å². The molecule has 1 aliphatic rings. The molecule has 21 heavy (non-hydrogen) atoms. The Kier molecular flexibility index (Phi) is 5.57. The predicted molar refractivity (Wildman–Crippen MR) is 76.6 cm³/mol. The Balaban J connectivity index is 1.74. The SMILES string of the molecule is CC(NC(=O)OCc1ccccc1)C(=O)N1CCOCC1. The van der Waals surface area contributed by atoms with Crippen LogP contribution in [0.5, 0.6) is 0 Å². The van der Waals surface area contributed by atoms with Gasteiger partial charge in [-0.15, -0.1) is 0 Å². The Morgan fingerprint density at radius 3 is 2.62 bits per heavy atom. The van der Waals surface area contributed by atoms with Crippen LogP contribution in [0.25, 0.3) is 0 Å². The summed E-state index contributed by atoms with van der Waals surface area (Å²) in [7, 11) is 0. The van der Waals surface area contributed by atoms with Crippen LogP contribution in [-0.4, -0.2) is 49.2 Å². The average molecular weight is 292 g/mol. The molecule has 2 rings (SSSR count). The highest BCUT2D eigenvalue weighted by molar-refractivity contribution is 5.85. The van der Waals surface area contributed by atoms with Crippen LogP contribution in [0.15, 0.2) is 30.3 Å². The number of nitrogens with zero attached hydrogens (tertiary/aromatic N) is 1. The van der Waals surface area contributed by atoms with Crippen molar-refractivity contribution in [1.82, 2.24) is 10.2 Å². The molecule has 1 fully saturated rings. The lowest BCUT2D eigenvalue weighted by molar-refractivity contribution is -0.137. The van der Waals surface area contributed by atoms with Crippen molar-refractivity contribution in [2.45, 2.75) is 19.6 Å². The van der Waals surface area contributed by atoms with Crippen LogP contribution < -0.4 is 5.32 Å². The van der Waals surface area contributed by atoms with Gasteiger partial charge in [-0.2, -0.15) is 0 Å². The molecule has 1 aliphatic heterocycles. The summed E-state index contributed by atoms with van der Waals surface area (Å²) in [6.45, 7) is 4.04. The van der Waals surface area contributed by atoms with E-state index < -0.39 is 12.1 Å². The lowest BCUT2D eigenvalue weighted by Crippen LogP contribution is -2.50. The maximum atomic E-state index is 12.1. The van der Waals surface area contributed by atoms with Crippen molar-refractivity contribution < 1.29 is 19.1 Å². The van der Waals surface area contributed by atoms with Gasteiger partial charge in [-0.1, -0.05) is 30.3 Å². The molecule has 1 unspecified atom stereocenters. The summed E-state index contributed by atoms with van der Waals surface area (Å²) < 4.78 is 10.3. The molecule has 1 aromatic rings.